The van der Waals surface area contributed by atoms with Crippen molar-refractivity contribution in [2.75, 3.05) is 39.3 Å². The molecule has 0 spiro atoms. The predicted molar refractivity (Wildman–Crippen MR) is 95.4 cm³/mol. The highest BCUT2D eigenvalue weighted by molar-refractivity contribution is 5.95. The first kappa shape index (κ1) is 20.1. The number of fused-ring (bicyclic) bond motifs is 1. The number of carbonyl (C=O) groups excluding carboxylic acids is 2. The van der Waals surface area contributed by atoms with E-state index in [1.165, 1.54) is 11.1 Å². The number of piperazine rings is 1. The van der Waals surface area contributed by atoms with Gasteiger partial charge in [0.05, 0.1) is 24.0 Å². The van der Waals surface area contributed by atoms with Gasteiger partial charge >= 0.3 is 6.18 Å². The number of hydrogen-bond acceptors (Lipinski definition) is 6. The zero-order chi connectivity index (χ0) is 20.8. The van der Waals surface area contributed by atoms with Crippen LogP contribution in [-0.4, -0.2) is 87.9 Å². The van der Waals surface area contributed by atoms with Crippen molar-refractivity contribution in [3.8, 4) is 0 Å². The Labute approximate surface area is 165 Å². The summed E-state index contributed by atoms with van der Waals surface area (Å²) in [5.74, 6) is -0.337. The van der Waals surface area contributed by atoms with Crippen molar-refractivity contribution in [1.29, 1.82) is 0 Å². The van der Waals surface area contributed by atoms with Crippen molar-refractivity contribution in [2.45, 2.75) is 38.3 Å². The summed E-state index contributed by atoms with van der Waals surface area (Å²) >= 11 is 0. The molecule has 9 nitrogen and oxygen atoms in total. The van der Waals surface area contributed by atoms with Gasteiger partial charge in [0.2, 0.25) is 5.91 Å². The monoisotopic (exact) mass is 415 g/mol. The molecule has 1 aromatic heterocycles. The molecule has 2 amide bonds. The SMILES string of the molecule is Cc1c(C(=O)N2CCN(CC(F)(F)F)CC2)cnn1C1NC(=O)C2CCCN2N1. The third kappa shape index (κ3) is 4.09. The predicted octanol–water partition coefficient (Wildman–Crippen LogP) is 0.0665. The molecule has 3 aliphatic heterocycles. The molecule has 0 saturated carbocycles. The minimum absolute atomic E-state index is 0.0742. The molecule has 12 heteroatoms. The summed E-state index contributed by atoms with van der Waals surface area (Å²) in [6.07, 6.45) is -1.64. The fraction of sp³-hybridized carbons (Fsp3) is 0.706. The van der Waals surface area contributed by atoms with Crippen molar-refractivity contribution < 1.29 is 22.8 Å². The number of halogens is 3. The van der Waals surface area contributed by atoms with Gasteiger partial charge < -0.3 is 10.2 Å². The minimum Gasteiger partial charge on any atom is -0.336 e. The van der Waals surface area contributed by atoms with Crippen molar-refractivity contribution in [3.05, 3.63) is 17.5 Å². The van der Waals surface area contributed by atoms with E-state index in [0.717, 1.165) is 19.4 Å². The van der Waals surface area contributed by atoms with E-state index < -0.39 is 19.0 Å². The molecule has 3 aliphatic rings. The Morgan fingerprint density at radius 2 is 1.97 bits per heavy atom. The highest BCUT2D eigenvalue weighted by Gasteiger charge is 2.39. The summed E-state index contributed by atoms with van der Waals surface area (Å²) < 4.78 is 39.1. The largest absolute Gasteiger partial charge is 0.401 e. The van der Waals surface area contributed by atoms with Crippen LogP contribution in [0.4, 0.5) is 13.2 Å². The van der Waals surface area contributed by atoms with Gasteiger partial charge in [-0.3, -0.25) is 14.5 Å². The lowest BCUT2D eigenvalue weighted by molar-refractivity contribution is -0.148. The van der Waals surface area contributed by atoms with Crippen LogP contribution in [0.2, 0.25) is 0 Å². The molecule has 29 heavy (non-hydrogen) atoms. The molecule has 0 aromatic carbocycles. The van der Waals surface area contributed by atoms with E-state index in [1.54, 1.807) is 16.5 Å². The Bertz CT molecular complexity index is 788. The van der Waals surface area contributed by atoms with Crippen molar-refractivity contribution in [1.82, 2.24) is 35.3 Å². The molecule has 2 N–H and O–H groups in total. The van der Waals surface area contributed by atoms with Crippen LogP contribution in [0.25, 0.3) is 0 Å². The number of amides is 2. The van der Waals surface area contributed by atoms with Crippen LogP contribution in [0.15, 0.2) is 6.20 Å². The van der Waals surface area contributed by atoms with Crippen molar-refractivity contribution in [2.24, 2.45) is 0 Å². The van der Waals surface area contributed by atoms with Gasteiger partial charge in [0, 0.05) is 32.7 Å². The van der Waals surface area contributed by atoms with E-state index in [4.69, 9.17) is 0 Å². The van der Waals surface area contributed by atoms with Crippen LogP contribution in [-0.2, 0) is 4.79 Å². The molecule has 2 unspecified atom stereocenters. The second-order valence-electron chi connectivity index (χ2n) is 7.66. The molecule has 160 valence electrons. The molecule has 3 saturated heterocycles. The second kappa shape index (κ2) is 7.58. The number of aromatic nitrogens is 2. The number of hydrazine groups is 1. The summed E-state index contributed by atoms with van der Waals surface area (Å²) in [6.45, 7) is 2.36. The third-order valence-corrected chi connectivity index (χ3v) is 5.70. The standard InChI is InChI=1S/C17H24F3N7O2/c1-11-12(15(29)25-7-5-24(6-8-25)10-17(18,19)20)9-21-27(11)16-22-14(28)13-3-2-4-26(13)23-16/h9,13,16,23H,2-8,10H2,1H3,(H,22,28). The summed E-state index contributed by atoms with van der Waals surface area (Å²) in [4.78, 5) is 28.0. The van der Waals surface area contributed by atoms with E-state index in [0.29, 0.717) is 11.3 Å². The molecule has 0 aliphatic carbocycles. The molecule has 0 bridgehead atoms. The first-order valence-corrected chi connectivity index (χ1v) is 9.68. The smallest absolute Gasteiger partial charge is 0.336 e. The summed E-state index contributed by atoms with van der Waals surface area (Å²) in [5.41, 5.74) is 4.20. The average molecular weight is 415 g/mol. The maximum absolute atomic E-state index is 12.9. The van der Waals surface area contributed by atoms with Gasteiger partial charge in [-0.25, -0.2) is 15.1 Å². The van der Waals surface area contributed by atoms with Crippen LogP contribution in [0.1, 0.15) is 35.2 Å². The fourth-order valence-corrected chi connectivity index (χ4v) is 4.16. The summed E-state index contributed by atoms with van der Waals surface area (Å²) in [7, 11) is 0. The Balaban J connectivity index is 1.41. The minimum atomic E-state index is -4.24. The normalized spacial score (nSPS) is 26.5. The molecule has 1 aromatic rings. The van der Waals surface area contributed by atoms with E-state index >= 15 is 0 Å². The first-order chi connectivity index (χ1) is 13.7. The van der Waals surface area contributed by atoms with Gasteiger partial charge in [0.25, 0.3) is 5.91 Å². The first-order valence-electron chi connectivity index (χ1n) is 9.68. The number of alkyl halides is 3. The Hall–Kier alpha value is -2.18. The summed E-state index contributed by atoms with van der Waals surface area (Å²) in [6, 6.07) is -0.184. The molecule has 4 heterocycles. The van der Waals surface area contributed by atoms with Crippen LogP contribution in [0, 0.1) is 6.92 Å². The number of carbonyl (C=O) groups is 2. The topological polar surface area (TPSA) is 85.7 Å². The lowest BCUT2D eigenvalue weighted by Gasteiger charge is -2.36. The van der Waals surface area contributed by atoms with Gasteiger partial charge in [-0.2, -0.15) is 18.3 Å². The van der Waals surface area contributed by atoms with Crippen molar-refractivity contribution >= 4 is 11.8 Å². The molecule has 4 rings (SSSR count). The fourth-order valence-electron chi connectivity index (χ4n) is 4.16. The maximum Gasteiger partial charge on any atom is 0.401 e. The quantitative estimate of drug-likeness (QED) is 0.727. The number of nitrogens with one attached hydrogen (secondary N) is 2. The zero-order valence-corrected chi connectivity index (χ0v) is 16.1. The van der Waals surface area contributed by atoms with Crippen LogP contribution >= 0.6 is 0 Å². The molecular formula is C17H24F3N7O2. The number of nitrogens with zero attached hydrogens (tertiary/aromatic N) is 5. The number of hydrogen-bond donors (Lipinski definition) is 2. The van der Waals surface area contributed by atoms with E-state index in [-0.39, 0.29) is 44.0 Å². The van der Waals surface area contributed by atoms with Gasteiger partial charge in [-0.15, -0.1) is 0 Å². The highest BCUT2D eigenvalue weighted by Crippen LogP contribution is 2.23. The third-order valence-electron chi connectivity index (χ3n) is 5.70. The molecular weight excluding hydrogens is 391 g/mol. The Morgan fingerprint density at radius 3 is 2.66 bits per heavy atom. The van der Waals surface area contributed by atoms with E-state index in [2.05, 4.69) is 15.8 Å². The highest BCUT2D eigenvalue weighted by atomic mass is 19.4. The van der Waals surface area contributed by atoms with E-state index in [9.17, 15) is 22.8 Å². The lowest BCUT2D eigenvalue weighted by Crippen LogP contribution is -2.62. The number of rotatable bonds is 3. The van der Waals surface area contributed by atoms with Gasteiger partial charge in [0.15, 0.2) is 6.29 Å². The van der Waals surface area contributed by atoms with Crippen molar-refractivity contribution in [3.63, 3.8) is 0 Å². The van der Waals surface area contributed by atoms with Gasteiger partial charge in [-0.1, -0.05) is 0 Å². The molecule has 0 radical (unpaired) electrons. The van der Waals surface area contributed by atoms with Crippen LogP contribution in [0.5, 0.6) is 0 Å². The van der Waals surface area contributed by atoms with Crippen LogP contribution < -0.4 is 10.7 Å². The second-order valence-corrected chi connectivity index (χ2v) is 7.66. The average Bonchev–Trinajstić information content (AvgIpc) is 3.27. The Morgan fingerprint density at radius 1 is 1.24 bits per heavy atom. The Kier molecular flexibility index (Phi) is 5.25. The van der Waals surface area contributed by atoms with Crippen LogP contribution in [0.3, 0.4) is 0 Å². The van der Waals surface area contributed by atoms with Gasteiger partial charge in [0.1, 0.15) is 6.04 Å². The zero-order valence-electron chi connectivity index (χ0n) is 16.1. The van der Waals surface area contributed by atoms with E-state index in [1.807, 2.05) is 5.01 Å². The molecule has 2 atom stereocenters. The van der Waals surface area contributed by atoms with Gasteiger partial charge in [-0.05, 0) is 19.8 Å². The maximum atomic E-state index is 12.9. The molecule has 3 fully saturated rings. The summed E-state index contributed by atoms with van der Waals surface area (Å²) in [5, 5.41) is 9.04. The lowest BCUT2D eigenvalue weighted by atomic mass is 10.2.